The van der Waals surface area contributed by atoms with Gasteiger partial charge in [-0.15, -0.1) is 0 Å². The number of aromatic nitrogens is 1. The molecule has 1 heterocycles. The van der Waals surface area contributed by atoms with Gasteiger partial charge in [-0.1, -0.05) is 36.2 Å². The fourth-order valence-corrected chi connectivity index (χ4v) is 2.58. The molecule has 0 bridgehead atoms. The lowest BCUT2D eigenvalue weighted by Crippen LogP contribution is -2.24. The highest BCUT2D eigenvalue weighted by atomic mass is 14.9. The largest absolute Gasteiger partial charge is 0.305 e. The lowest BCUT2D eigenvalue weighted by atomic mass is 9.98. The van der Waals surface area contributed by atoms with E-state index < -0.39 is 0 Å². The zero-order chi connectivity index (χ0) is 14.5. The van der Waals surface area contributed by atoms with Crippen molar-refractivity contribution >= 4 is 0 Å². The monoisotopic (exact) mass is 268 g/mol. The average molecular weight is 268 g/mol. The van der Waals surface area contributed by atoms with Crippen LogP contribution in [-0.2, 0) is 0 Å². The minimum atomic E-state index is 0.174. The van der Waals surface area contributed by atoms with Crippen LogP contribution >= 0.6 is 0 Å². The first-order valence-electron chi connectivity index (χ1n) is 7.34. The van der Waals surface area contributed by atoms with E-state index in [2.05, 4.69) is 62.3 Å². The third-order valence-electron chi connectivity index (χ3n) is 3.41. The molecule has 0 aliphatic carbocycles. The third kappa shape index (κ3) is 3.67. The van der Waals surface area contributed by atoms with Crippen LogP contribution in [0.1, 0.15) is 47.3 Å². The summed E-state index contributed by atoms with van der Waals surface area (Å²) in [4.78, 5) is 4.57. The number of rotatable bonds is 5. The van der Waals surface area contributed by atoms with Gasteiger partial charge in [-0.3, -0.25) is 4.98 Å². The summed E-state index contributed by atoms with van der Waals surface area (Å²) in [6.07, 6.45) is 3.01. The Balaban J connectivity index is 2.41. The molecule has 0 aliphatic heterocycles. The minimum absolute atomic E-state index is 0.174. The van der Waals surface area contributed by atoms with Crippen molar-refractivity contribution in [2.75, 3.05) is 6.54 Å². The molecule has 106 valence electrons. The van der Waals surface area contributed by atoms with Crippen LogP contribution in [0.2, 0.25) is 0 Å². The normalized spacial score (nSPS) is 12.4. The van der Waals surface area contributed by atoms with E-state index in [0.29, 0.717) is 0 Å². The summed E-state index contributed by atoms with van der Waals surface area (Å²) in [7, 11) is 0. The number of pyridine rings is 1. The van der Waals surface area contributed by atoms with Crippen LogP contribution in [0.25, 0.3) is 0 Å². The summed E-state index contributed by atoms with van der Waals surface area (Å²) < 4.78 is 0. The molecule has 1 atom stereocenters. The van der Waals surface area contributed by atoms with E-state index in [9.17, 15) is 0 Å². The predicted octanol–water partition coefficient (Wildman–Crippen LogP) is 4.10. The molecule has 0 saturated carbocycles. The lowest BCUT2D eigenvalue weighted by Gasteiger charge is -2.20. The Morgan fingerprint density at radius 1 is 1.00 bits per heavy atom. The molecule has 2 heteroatoms. The number of hydrogen-bond acceptors (Lipinski definition) is 2. The first-order chi connectivity index (χ1) is 9.60. The van der Waals surface area contributed by atoms with Gasteiger partial charge >= 0.3 is 0 Å². The zero-order valence-corrected chi connectivity index (χ0v) is 12.9. The third-order valence-corrected chi connectivity index (χ3v) is 3.41. The second kappa shape index (κ2) is 6.67. The first kappa shape index (κ1) is 14.7. The van der Waals surface area contributed by atoms with Gasteiger partial charge in [0.25, 0.3) is 0 Å². The molecule has 0 amide bonds. The standard InChI is InChI=1S/C18H24N2/c1-5-7-20-18(17-12-13(2)6-8-19-17)16-10-14(3)9-15(4)11-16/h6,8-12,18,20H,5,7H2,1-4H3. The highest BCUT2D eigenvalue weighted by Crippen LogP contribution is 2.23. The average Bonchev–Trinajstić information content (AvgIpc) is 2.38. The second-order valence-electron chi connectivity index (χ2n) is 5.57. The number of aryl methyl sites for hydroxylation is 3. The van der Waals surface area contributed by atoms with E-state index in [-0.39, 0.29) is 6.04 Å². The van der Waals surface area contributed by atoms with Crippen LogP contribution in [0.5, 0.6) is 0 Å². The molecule has 2 nitrogen and oxygen atoms in total. The van der Waals surface area contributed by atoms with Crippen molar-refractivity contribution in [1.82, 2.24) is 10.3 Å². The summed E-state index contributed by atoms with van der Waals surface area (Å²) in [6, 6.07) is 11.1. The van der Waals surface area contributed by atoms with Crippen LogP contribution < -0.4 is 5.32 Å². The minimum Gasteiger partial charge on any atom is -0.305 e. The number of hydrogen-bond donors (Lipinski definition) is 1. The smallest absolute Gasteiger partial charge is 0.0751 e. The summed E-state index contributed by atoms with van der Waals surface area (Å²) in [5.74, 6) is 0. The molecule has 0 radical (unpaired) electrons. The van der Waals surface area contributed by atoms with Crippen molar-refractivity contribution in [2.24, 2.45) is 0 Å². The van der Waals surface area contributed by atoms with E-state index in [4.69, 9.17) is 0 Å². The summed E-state index contributed by atoms with van der Waals surface area (Å²) in [5.41, 5.74) is 6.26. The van der Waals surface area contributed by atoms with Crippen molar-refractivity contribution in [2.45, 2.75) is 40.2 Å². The Hall–Kier alpha value is -1.67. The molecule has 0 aliphatic rings. The Bertz CT molecular complexity index is 555. The maximum absolute atomic E-state index is 4.57. The van der Waals surface area contributed by atoms with Crippen molar-refractivity contribution < 1.29 is 0 Å². The van der Waals surface area contributed by atoms with Crippen LogP contribution in [-0.4, -0.2) is 11.5 Å². The van der Waals surface area contributed by atoms with E-state index in [1.54, 1.807) is 0 Å². The van der Waals surface area contributed by atoms with Crippen molar-refractivity contribution in [1.29, 1.82) is 0 Å². The van der Waals surface area contributed by atoms with Gasteiger partial charge in [0.2, 0.25) is 0 Å². The fourth-order valence-electron chi connectivity index (χ4n) is 2.58. The van der Waals surface area contributed by atoms with Gasteiger partial charge in [0.15, 0.2) is 0 Å². The highest BCUT2D eigenvalue weighted by Gasteiger charge is 2.15. The molecule has 0 saturated heterocycles. The van der Waals surface area contributed by atoms with E-state index in [1.807, 2.05) is 12.3 Å². The molecule has 1 aromatic heterocycles. The lowest BCUT2D eigenvalue weighted by molar-refractivity contribution is 0.585. The Kier molecular flexibility index (Phi) is 4.91. The molecular formula is C18H24N2. The topological polar surface area (TPSA) is 24.9 Å². The van der Waals surface area contributed by atoms with E-state index in [1.165, 1.54) is 22.3 Å². The van der Waals surface area contributed by atoms with E-state index in [0.717, 1.165) is 18.7 Å². The Labute approximate surface area is 122 Å². The van der Waals surface area contributed by atoms with Gasteiger partial charge in [0.1, 0.15) is 0 Å². The van der Waals surface area contributed by atoms with Gasteiger partial charge in [-0.05, 0) is 57.0 Å². The number of nitrogens with one attached hydrogen (secondary N) is 1. The van der Waals surface area contributed by atoms with Gasteiger partial charge in [0.05, 0.1) is 11.7 Å². The van der Waals surface area contributed by atoms with E-state index >= 15 is 0 Å². The van der Waals surface area contributed by atoms with Gasteiger partial charge in [-0.25, -0.2) is 0 Å². The Morgan fingerprint density at radius 2 is 1.70 bits per heavy atom. The number of benzene rings is 1. The quantitative estimate of drug-likeness (QED) is 0.883. The van der Waals surface area contributed by atoms with Gasteiger partial charge in [-0.2, -0.15) is 0 Å². The number of nitrogens with zero attached hydrogens (tertiary/aromatic N) is 1. The van der Waals surface area contributed by atoms with Gasteiger partial charge in [0, 0.05) is 6.20 Å². The maximum Gasteiger partial charge on any atom is 0.0751 e. The molecule has 1 unspecified atom stereocenters. The van der Waals surface area contributed by atoms with Crippen molar-refractivity contribution in [3.63, 3.8) is 0 Å². The predicted molar refractivity (Wildman–Crippen MR) is 85.0 cm³/mol. The molecular weight excluding hydrogens is 244 g/mol. The second-order valence-corrected chi connectivity index (χ2v) is 5.57. The fraction of sp³-hybridized carbons (Fsp3) is 0.389. The van der Waals surface area contributed by atoms with Gasteiger partial charge < -0.3 is 5.32 Å². The summed E-state index contributed by atoms with van der Waals surface area (Å²) >= 11 is 0. The molecule has 20 heavy (non-hydrogen) atoms. The summed E-state index contributed by atoms with van der Waals surface area (Å²) in [5, 5.41) is 3.62. The maximum atomic E-state index is 4.57. The molecule has 2 rings (SSSR count). The zero-order valence-electron chi connectivity index (χ0n) is 12.9. The highest BCUT2D eigenvalue weighted by molar-refractivity contribution is 5.35. The molecule has 1 N–H and O–H groups in total. The molecule has 2 aromatic rings. The molecule has 0 spiro atoms. The Morgan fingerprint density at radius 3 is 2.30 bits per heavy atom. The SMILES string of the molecule is CCCNC(c1cc(C)cc(C)c1)c1cc(C)ccn1. The molecule has 1 aromatic carbocycles. The van der Waals surface area contributed by atoms with Crippen molar-refractivity contribution in [3.05, 3.63) is 64.5 Å². The van der Waals surface area contributed by atoms with Crippen LogP contribution in [0.4, 0.5) is 0 Å². The summed E-state index contributed by atoms with van der Waals surface area (Å²) in [6.45, 7) is 9.60. The first-order valence-corrected chi connectivity index (χ1v) is 7.34. The molecule has 0 fully saturated rings. The van der Waals surface area contributed by atoms with Crippen molar-refractivity contribution in [3.8, 4) is 0 Å². The van der Waals surface area contributed by atoms with Crippen LogP contribution in [0.15, 0.2) is 36.5 Å². The van der Waals surface area contributed by atoms with Crippen LogP contribution in [0, 0.1) is 20.8 Å². The van der Waals surface area contributed by atoms with Crippen LogP contribution in [0.3, 0.4) is 0 Å².